The van der Waals surface area contributed by atoms with Gasteiger partial charge >= 0.3 is 0 Å². The van der Waals surface area contributed by atoms with Crippen LogP contribution < -0.4 is 4.74 Å². The van der Waals surface area contributed by atoms with Gasteiger partial charge in [0.2, 0.25) is 5.88 Å². The summed E-state index contributed by atoms with van der Waals surface area (Å²) in [6.07, 6.45) is 7.23. The molecule has 0 N–H and O–H groups in total. The first-order chi connectivity index (χ1) is 7.31. The van der Waals surface area contributed by atoms with E-state index in [2.05, 4.69) is 16.9 Å². The maximum atomic E-state index is 6.02. The molecule has 1 saturated carbocycles. The number of nitrogens with zero attached hydrogens (tertiary/aromatic N) is 2. The highest BCUT2D eigenvalue weighted by molar-refractivity contribution is 6.30. The Bertz CT molecular complexity index is 339. The zero-order valence-electron chi connectivity index (χ0n) is 8.87. The largest absolute Gasteiger partial charge is 0.474 e. The quantitative estimate of drug-likeness (QED) is 0.741. The van der Waals surface area contributed by atoms with Crippen LogP contribution >= 0.6 is 11.6 Å². The molecule has 0 unspecified atom stereocenters. The smallest absolute Gasteiger partial charge is 0.221 e. The van der Waals surface area contributed by atoms with Crippen molar-refractivity contribution in [2.45, 2.75) is 45.1 Å². The van der Waals surface area contributed by atoms with Crippen molar-refractivity contribution in [1.82, 2.24) is 9.97 Å². The van der Waals surface area contributed by atoms with E-state index in [4.69, 9.17) is 16.3 Å². The summed E-state index contributed by atoms with van der Waals surface area (Å²) in [6.45, 7) is 2.11. The topological polar surface area (TPSA) is 35.0 Å². The second kappa shape index (κ2) is 4.79. The molecule has 15 heavy (non-hydrogen) atoms. The molecule has 0 radical (unpaired) electrons. The minimum atomic E-state index is 0.339. The van der Waals surface area contributed by atoms with Crippen LogP contribution in [0.4, 0.5) is 0 Å². The van der Waals surface area contributed by atoms with Crippen molar-refractivity contribution in [3.05, 3.63) is 17.0 Å². The third-order valence-electron chi connectivity index (χ3n) is 2.68. The predicted octanol–water partition coefficient (Wildman–Crippen LogP) is 3.01. The molecule has 0 saturated heterocycles. The summed E-state index contributed by atoms with van der Waals surface area (Å²) < 4.78 is 5.78. The van der Waals surface area contributed by atoms with Crippen LogP contribution in [-0.2, 0) is 6.42 Å². The number of rotatable bonds is 4. The first-order valence-corrected chi connectivity index (χ1v) is 5.85. The van der Waals surface area contributed by atoms with Gasteiger partial charge in [-0.1, -0.05) is 24.9 Å². The standard InChI is InChI=1S/C11H15ClN2O/c1-2-4-9-10(12)13-7-14-11(9)15-8-5-3-6-8/h7-8H,2-6H2,1H3. The van der Waals surface area contributed by atoms with E-state index in [9.17, 15) is 0 Å². The van der Waals surface area contributed by atoms with Gasteiger partial charge in [-0.3, -0.25) is 0 Å². The normalized spacial score (nSPS) is 16.1. The summed E-state index contributed by atoms with van der Waals surface area (Å²) in [7, 11) is 0. The van der Waals surface area contributed by atoms with Crippen molar-refractivity contribution in [3.63, 3.8) is 0 Å². The van der Waals surface area contributed by atoms with E-state index in [0.29, 0.717) is 17.1 Å². The van der Waals surface area contributed by atoms with E-state index in [1.165, 1.54) is 12.7 Å². The fourth-order valence-electron chi connectivity index (χ4n) is 1.58. The van der Waals surface area contributed by atoms with Crippen molar-refractivity contribution in [3.8, 4) is 5.88 Å². The molecule has 1 heterocycles. The van der Waals surface area contributed by atoms with Crippen LogP contribution in [0.25, 0.3) is 0 Å². The van der Waals surface area contributed by atoms with E-state index < -0.39 is 0 Å². The molecule has 1 aliphatic rings. The number of hydrogen-bond donors (Lipinski definition) is 0. The Morgan fingerprint density at radius 2 is 2.27 bits per heavy atom. The van der Waals surface area contributed by atoms with E-state index >= 15 is 0 Å². The lowest BCUT2D eigenvalue weighted by Crippen LogP contribution is -2.25. The minimum absolute atomic E-state index is 0.339. The first-order valence-electron chi connectivity index (χ1n) is 5.47. The van der Waals surface area contributed by atoms with Gasteiger partial charge in [-0.15, -0.1) is 0 Å². The Labute approximate surface area is 94.8 Å². The SMILES string of the molecule is CCCc1c(Cl)ncnc1OC1CCC1. The maximum absolute atomic E-state index is 6.02. The summed E-state index contributed by atoms with van der Waals surface area (Å²) in [5.41, 5.74) is 0.952. The number of aromatic nitrogens is 2. The lowest BCUT2D eigenvalue weighted by Gasteiger charge is -2.26. The van der Waals surface area contributed by atoms with E-state index in [1.54, 1.807) is 0 Å². The lowest BCUT2D eigenvalue weighted by molar-refractivity contribution is 0.113. The van der Waals surface area contributed by atoms with Crippen molar-refractivity contribution in [2.24, 2.45) is 0 Å². The van der Waals surface area contributed by atoms with Crippen molar-refractivity contribution < 1.29 is 4.74 Å². The van der Waals surface area contributed by atoms with Crippen LogP contribution in [0.1, 0.15) is 38.2 Å². The third kappa shape index (κ3) is 2.40. The van der Waals surface area contributed by atoms with Gasteiger partial charge in [0.15, 0.2) is 0 Å². The Kier molecular flexibility index (Phi) is 3.41. The maximum Gasteiger partial charge on any atom is 0.221 e. The highest BCUT2D eigenvalue weighted by Crippen LogP contribution is 2.29. The molecule has 1 aliphatic carbocycles. The van der Waals surface area contributed by atoms with Gasteiger partial charge in [-0.05, 0) is 25.7 Å². The fraction of sp³-hybridized carbons (Fsp3) is 0.636. The van der Waals surface area contributed by atoms with Gasteiger partial charge < -0.3 is 4.74 Å². The molecule has 82 valence electrons. The molecule has 1 aromatic heterocycles. The van der Waals surface area contributed by atoms with Gasteiger partial charge in [0, 0.05) is 0 Å². The van der Waals surface area contributed by atoms with Gasteiger partial charge in [-0.2, -0.15) is 0 Å². The number of halogens is 1. The number of hydrogen-bond acceptors (Lipinski definition) is 3. The molecule has 0 aliphatic heterocycles. The lowest BCUT2D eigenvalue weighted by atomic mass is 9.96. The van der Waals surface area contributed by atoms with Crippen LogP contribution in [0, 0.1) is 0 Å². The monoisotopic (exact) mass is 226 g/mol. The van der Waals surface area contributed by atoms with Gasteiger partial charge in [0.05, 0.1) is 5.56 Å². The van der Waals surface area contributed by atoms with E-state index in [0.717, 1.165) is 31.2 Å². The van der Waals surface area contributed by atoms with E-state index in [-0.39, 0.29) is 0 Å². The summed E-state index contributed by atoms with van der Waals surface area (Å²) in [4.78, 5) is 8.15. The molecular formula is C11H15ClN2O. The summed E-state index contributed by atoms with van der Waals surface area (Å²) in [6, 6.07) is 0. The Hall–Kier alpha value is -0.830. The average molecular weight is 227 g/mol. The van der Waals surface area contributed by atoms with E-state index in [1.807, 2.05) is 0 Å². The van der Waals surface area contributed by atoms with Gasteiger partial charge in [0.25, 0.3) is 0 Å². The molecule has 0 amide bonds. The molecule has 0 atom stereocenters. The zero-order valence-corrected chi connectivity index (χ0v) is 9.63. The fourth-order valence-corrected chi connectivity index (χ4v) is 1.80. The van der Waals surface area contributed by atoms with Crippen LogP contribution in [0.5, 0.6) is 5.88 Å². The molecule has 1 fully saturated rings. The summed E-state index contributed by atoms with van der Waals surface area (Å²) >= 11 is 6.02. The first kappa shape index (κ1) is 10.7. The molecule has 0 bridgehead atoms. The highest BCUT2D eigenvalue weighted by Gasteiger charge is 2.21. The predicted molar refractivity (Wildman–Crippen MR) is 59.3 cm³/mol. The van der Waals surface area contributed by atoms with Crippen LogP contribution in [0.15, 0.2) is 6.33 Å². The molecule has 0 spiro atoms. The highest BCUT2D eigenvalue weighted by atomic mass is 35.5. The van der Waals surface area contributed by atoms with Crippen LogP contribution in [-0.4, -0.2) is 16.1 Å². The minimum Gasteiger partial charge on any atom is -0.474 e. The third-order valence-corrected chi connectivity index (χ3v) is 3.01. The molecule has 4 heteroatoms. The average Bonchev–Trinajstić information content (AvgIpc) is 2.16. The molecule has 0 aromatic carbocycles. The second-order valence-corrected chi connectivity index (χ2v) is 4.23. The Morgan fingerprint density at radius 3 is 2.87 bits per heavy atom. The zero-order chi connectivity index (χ0) is 10.7. The molecule has 3 nitrogen and oxygen atoms in total. The van der Waals surface area contributed by atoms with Gasteiger partial charge in [0.1, 0.15) is 17.6 Å². The van der Waals surface area contributed by atoms with Crippen molar-refractivity contribution >= 4 is 11.6 Å². The Balaban J connectivity index is 2.15. The number of ether oxygens (including phenoxy) is 1. The molecular weight excluding hydrogens is 212 g/mol. The van der Waals surface area contributed by atoms with Crippen molar-refractivity contribution in [1.29, 1.82) is 0 Å². The van der Waals surface area contributed by atoms with Crippen LogP contribution in [0.3, 0.4) is 0 Å². The molecule has 1 aromatic rings. The Morgan fingerprint density at radius 1 is 1.47 bits per heavy atom. The second-order valence-electron chi connectivity index (χ2n) is 3.87. The molecule has 2 rings (SSSR count). The van der Waals surface area contributed by atoms with Gasteiger partial charge in [-0.25, -0.2) is 9.97 Å². The van der Waals surface area contributed by atoms with Crippen molar-refractivity contribution in [2.75, 3.05) is 0 Å². The van der Waals surface area contributed by atoms with Crippen LogP contribution in [0.2, 0.25) is 5.15 Å². The summed E-state index contributed by atoms with van der Waals surface area (Å²) in [5, 5.41) is 0.529. The summed E-state index contributed by atoms with van der Waals surface area (Å²) in [5.74, 6) is 0.682.